The quantitative estimate of drug-likeness (QED) is 0.857. The maximum absolute atomic E-state index is 11.8. The second kappa shape index (κ2) is 6.07. The number of esters is 1. The van der Waals surface area contributed by atoms with Crippen LogP contribution in [-0.2, 0) is 11.2 Å². The molecule has 0 amide bonds. The zero-order valence-corrected chi connectivity index (χ0v) is 12.7. The molecule has 0 spiro atoms. The van der Waals surface area contributed by atoms with Gasteiger partial charge in [-0.1, -0.05) is 26.8 Å². The van der Waals surface area contributed by atoms with E-state index < -0.39 is 11.9 Å². The van der Waals surface area contributed by atoms with E-state index >= 15 is 0 Å². The van der Waals surface area contributed by atoms with Crippen molar-refractivity contribution >= 4 is 11.9 Å². The van der Waals surface area contributed by atoms with Crippen molar-refractivity contribution in [3.05, 3.63) is 34.4 Å². The summed E-state index contributed by atoms with van der Waals surface area (Å²) in [5.74, 6) is -1.68. The highest BCUT2D eigenvalue weighted by molar-refractivity contribution is 6.03. The van der Waals surface area contributed by atoms with Crippen molar-refractivity contribution in [2.75, 3.05) is 6.61 Å². The molecule has 0 aliphatic carbocycles. The van der Waals surface area contributed by atoms with Gasteiger partial charge in [0.15, 0.2) is 0 Å². The Kier molecular flexibility index (Phi) is 4.93. The summed E-state index contributed by atoms with van der Waals surface area (Å²) >= 11 is 0. The third-order valence-electron chi connectivity index (χ3n) is 3.01. The summed E-state index contributed by atoms with van der Waals surface area (Å²) in [7, 11) is 0. The molecule has 1 rings (SSSR count). The van der Waals surface area contributed by atoms with Crippen LogP contribution in [0.15, 0.2) is 12.1 Å². The highest BCUT2D eigenvalue weighted by Gasteiger charge is 2.23. The van der Waals surface area contributed by atoms with E-state index in [9.17, 15) is 14.7 Å². The maximum Gasteiger partial charge on any atom is 0.339 e. The fraction of sp³-hybridized carbons (Fsp3) is 0.500. The first-order valence-electron chi connectivity index (χ1n) is 6.70. The highest BCUT2D eigenvalue weighted by atomic mass is 16.5. The van der Waals surface area contributed by atoms with Crippen LogP contribution in [0.25, 0.3) is 0 Å². The molecule has 1 aromatic rings. The minimum atomic E-state index is -1.10. The lowest BCUT2D eigenvalue weighted by molar-refractivity contribution is 0.0514. The van der Waals surface area contributed by atoms with E-state index in [2.05, 4.69) is 20.8 Å². The number of rotatable bonds is 4. The van der Waals surface area contributed by atoms with Crippen LogP contribution in [0.1, 0.15) is 59.5 Å². The molecule has 0 saturated carbocycles. The van der Waals surface area contributed by atoms with Crippen molar-refractivity contribution in [3.63, 3.8) is 0 Å². The zero-order valence-electron chi connectivity index (χ0n) is 12.7. The lowest BCUT2D eigenvalue weighted by Gasteiger charge is -2.21. The Morgan fingerprint density at radius 2 is 1.85 bits per heavy atom. The van der Waals surface area contributed by atoms with Crippen LogP contribution < -0.4 is 0 Å². The number of carbonyl (C=O) groups is 2. The Balaban J connectivity index is 3.34. The van der Waals surface area contributed by atoms with E-state index in [1.54, 1.807) is 19.9 Å². The van der Waals surface area contributed by atoms with Gasteiger partial charge in [0.05, 0.1) is 17.7 Å². The van der Waals surface area contributed by atoms with Crippen molar-refractivity contribution in [1.29, 1.82) is 0 Å². The van der Waals surface area contributed by atoms with Crippen molar-refractivity contribution in [2.45, 2.75) is 41.0 Å². The van der Waals surface area contributed by atoms with Gasteiger partial charge in [0.2, 0.25) is 0 Å². The second-order valence-electron chi connectivity index (χ2n) is 6.04. The van der Waals surface area contributed by atoms with Crippen molar-refractivity contribution < 1.29 is 19.4 Å². The molecule has 0 aliphatic rings. The lowest BCUT2D eigenvalue weighted by Crippen LogP contribution is -2.17. The summed E-state index contributed by atoms with van der Waals surface area (Å²) in [5, 5.41) is 9.38. The van der Waals surface area contributed by atoms with Crippen LogP contribution in [0.3, 0.4) is 0 Å². The monoisotopic (exact) mass is 278 g/mol. The molecule has 0 radical (unpaired) electrons. The third kappa shape index (κ3) is 3.83. The number of hydrogen-bond donors (Lipinski definition) is 1. The molecule has 0 aromatic heterocycles. The highest BCUT2D eigenvalue weighted by Crippen LogP contribution is 2.26. The Labute approximate surface area is 119 Å². The summed E-state index contributed by atoms with van der Waals surface area (Å²) in [6.07, 6.45) is 0.752. The van der Waals surface area contributed by atoms with E-state index in [0.29, 0.717) is 5.56 Å². The molecule has 1 N–H and O–H groups in total. The van der Waals surface area contributed by atoms with Crippen LogP contribution in [0.4, 0.5) is 0 Å². The number of benzene rings is 1. The lowest BCUT2D eigenvalue weighted by atomic mass is 9.84. The van der Waals surface area contributed by atoms with E-state index in [4.69, 9.17) is 4.74 Å². The summed E-state index contributed by atoms with van der Waals surface area (Å²) < 4.78 is 4.91. The van der Waals surface area contributed by atoms with Gasteiger partial charge in [-0.25, -0.2) is 9.59 Å². The largest absolute Gasteiger partial charge is 0.478 e. The van der Waals surface area contributed by atoms with Crippen molar-refractivity contribution in [3.8, 4) is 0 Å². The smallest absolute Gasteiger partial charge is 0.339 e. The van der Waals surface area contributed by atoms with Gasteiger partial charge in [0.25, 0.3) is 0 Å². The van der Waals surface area contributed by atoms with Crippen LogP contribution in [0, 0.1) is 12.3 Å². The fourth-order valence-corrected chi connectivity index (χ4v) is 2.17. The Morgan fingerprint density at radius 3 is 2.30 bits per heavy atom. The average molecular weight is 278 g/mol. The number of ether oxygens (including phenoxy) is 1. The Morgan fingerprint density at radius 1 is 1.25 bits per heavy atom. The molecule has 20 heavy (non-hydrogen) atoms. The van der Waals surface area contributed by atoms with E-state index in [1.807, 2.05) is 6.07 Å². The number of carboxylic acids is 1. The fourth-order valence-electron chi connectivity index (χ4n) is 2.17. The molecule has 0 saturated heterocycles. The molecule has 1 aromatic carbocycles. The molecule has 4 nitrogen and oxygen atoms in total. The summed E-state index contributed by atoms with van der Waals surface area (Å²) in [4.78, 5) is 23.3. The van der Waals surface area contributed by atoms with Crippen LogP contribution in [0.2, 0.25) is 0 Å². The summed E-state index contributed by atoms with van der Waals surface area (Å²) in [6, 6.07) is 3.37. The standard InChI is InChI=1S/C16H22O4/c1-6-20-15(19)12-8-7-11(9-16(3,4)5)10(2)13(12)14(17)18/h7-8H,6,9H2,1-5H3,(H,17,18). The number of aromatic carboxylic acids is 1. The molecule has 0 unspecified atom stereocenters. The van der Waals surface area contributed by atoms with Crippen molar-refractivity contribution in [2.24, 2.45) is 5.41 Å². The number of carbonyl (C=O) groups excluding carboxylic acids is 1. The molecule has 4 heteroatoms. The first-order valence-corrected chi connectivity index (χ1v) is 6.70. The number of hydrogen-bond acceptors (Lipinski definition) is 3. The predicted molar refractivity (Wildman–Crippen MR) is 77.3 cm³/mol. The molecular formula is C16H22O4. The van der Waals surface area contributed by atoms with E-state index in [1.165, 1.54) is 0 Å². The predicted octanol–water partition coefficient (Wildman–Crippen LogP) is 3.46. The van der Waals surface area contributed by atoms with Crippen LogP contribution >= 0.6 is 0 Å². The van der Waals surface area contributed by atoms with E-state index in [0.717, 1.165) is 12.0 Å². The van der Waals surface area contributed by atoms with Gasteiger partial charge in [0.1, 0.15) is 0 Å². The van der Waals surface area contributed by atoms with Crippen LogP contribution in [0.5, 0.6) is 0 Å². The van der Waals surface area contributed by atoms with Gasteiger partial charge in [-0.05, 0) is 42.9 Å². The zero-order chi connectivity index (χ0) is 15.5. The minimum Gasteiger partial charge on any atom is -0.478 e. The first-order chi connectivity index (χ1) is 9.17. The normalized spacial score (nSPS) is 11.2. The van der Waals surface area contributed by atoms with Crippen molar-refractivity contribution in [1.82, 2.24) is 0 Å². The maximum atomic E-state index is 11.8. The first kappa shape index (κ1) is 16.2. The van der Waals surface area contributed by atoms with Crippen LogP contribution in [-0.4, -0.2) is 23.7 Å². The Bertz CT molecular complexity index is 524. The SMILES string of the molecule is CCOC(=O)c1ccc(CC(C)(C)C)c(C)c1C(=O)O. The molecule has 0 bridgehead atoms. The minimum absolute atomic E-state index is 0.0465. The molecular weight excluding hydrogens is 256 g/mol. The topological polar surface area (TPSA) is 63.6 Å². The molecule has 0 atom stereocenters. The average Bonchev–Trinajstić information content (AvgIpc) is 2.29. The van der Waals surface area contributed by atoms with E-state index in [-0.39, 0.29) is 23.1 Å². The van der Waals surface area contributed by atoms with Gasteiger partial charge in [-0.15, -0.1) is 0 Å². The van der Waals surface area contributed by atoms with Gasteiger partial charge < -0.3 is 9.84 Å². The molecule has 0 heterocycles. The molecule has 0 fully saturated rings. The van der Waals surface area contributed by atoms with Gasteiger partial charge >= 0.3 is 11.9 Å². The van der Waals surface area contributed by atoms with Gasteiger partial charge in [-0.2, -0.15) is 0 Å². The van der Waals surface area contributed by atoms with Gasteiger partial charge in [0, 0.05) is 0 Å². The second-order valence-corrected chi connectivity index (χ2v) is 6.04. The third-order valence-corrected chi connectivity index (χ3v) is 3.01. The number of carboxylic acid groups (broad SMARTS) is 1. The summed E-state index contributed by atoms with van der Waals surface area (Å²) in [5.41, 5.74) is 1.80. The van der Waals surface area contributed by atoms with Gasteiger partial charge in [-0.3, -0.25) is 0 Å². The molecule has 0 aliphatic heterocycles. The summed E-state index contributed by atoms with van der Waals surface area (Å²) in [6.45, 7) is 9.93. The molecule has 110 valence electrons. The Hall–Kier alpha value is -1.84.